The molecule has 0 fully saturated rings. The maximum atomic E-state index is 12.3. The van der Waals surface area contributed by atoms with Crippen LogP contribution >= 0.6 is 0 Å². The Morgan fingerprint density at radius 1 is 0.885 bits per heavy atom. The highest BCUT2D eigenvalue weighted by molar-refractivity contribution is 7.90. The van der Waals surface area contributed by atoms with E-state index in [1.54, 1.807) is 0 Å². The Balaban J connectivity index is 1.82. The zero-order chi connectivity index (χ0) is 19.2. The lowest BCUT2D eigenvalue weighted by Crippen LogP contribution is -2.28. The van der Waals surface area contributed by atoms with E-state index in [1.165, 1.54) is 29.8 Å². The summed E-state index contributed by atoms with van der Waals surface area (Å²) < 4.78 is 49.9. The van der Waals surface area contributed by atoms with Gasteiger partial charge in [0.05, 0.1) is 9.79 Å². The van der Waals surface area contributed by atoms with Crippen molar-refractivity contribution in [3.8, 4) is 0 Å². The van der Waals surface area contributed by atoms with Gasteiger partial charge in [0.1, 0.15) is 0 Å². The second-order valence-electron chi connectivity index (χ2n) is 6.22. The molecule has 0 aliphatic rings. The standard InChI is InChI=1S/C18H24N2O4S2/c1-20(15-16-7-4-3-5-8-16)14-6-13-19-26(23,24)18-11-9-17(10-12-18)25(2,21)22/h3-5,7-12,19H,6,13-15H2,1-2H3. The van der Waals surface area contributed by atoms with Crippen LogP contribution in [0.5, 0.6) is 0 Å². The van der Waals surface area contributed by atoms with Crippen LogP contribution in [0.3, 0.4) is 0 Å². The average Bonchev–Trinajstić information content (AvgIpc) is 2.59. The summed E-state index contributed by atoms with van der Waals surface area (Å²) >= 11 is 0. The van der Waals surface area contributed by atoms with E-state index in [4.69, 9.17) is 0 Å². The SMILES string of the molecule is CN(CCCNS(=O)(=O)c1ccc(S(C)(=O)=O)cc1)Cc1ccccc1. The number of nitrogens with zero attached hydrogens (tertiary/aromatic N) is 1. The van der Waals surface area contributed by atoms with Gasteiger partial charge in [-0.15, -0.1) is 0 Å². The third kappa shape index (κ3) is 6.21. The molecule has 0 radical (unpaired) electrons. The topological polar surface area (TPSA) is 83.6 Å². The van der Waals surface area contributed by atoms with E-state index in [0.717, 1.165) is 19.3 Å². The normalized spacial score (nSPS) is 12.4. The molecule has 0 amide bonds. The number of sulfonamides is 1. The van der Waals surface area contributed by atoms with Gasteiger partial charge in [-0.2, -0.15) is 0 Å². The first kappa shape index (κ1) is 20.6. The van der Waals surface area contributed by atoms with Crippen LogP contribution in [-0.4, -0.2) is 48.1 Å². The van der Waals surface area contributed by atoms with Gasteiger partial charge in [0.2, 0.25) is 10.0 Å². The molecular formula is C18H24N2O4S2. The third-order valence-electron chi connectivity index (χ3n) is 3.87. The number of rotatable bonds is 9. The largest absolute Gasteiger partial charge is 0.302 e. The van der Waals surface area contributed by atoms with Crippen LogP contribution in [0.15, 0.2) is 64.4 Å². The highest BCUT2D eigenvalue weighted by Gasteiger charge is 2.15. The minimum Gasteiger partial charge on any atom is -0.302 e. The lowest BCUT2D eigenvalue weighted by atomic mass is 10.2. The molecule has 6 nitrogen and oxygen atoms in total. The Kier molecular flexibility index (Phi) is 6.94. The molecule has 0 aliphatic carbocycles. The van der Waals surface area contributed by atoms with E-state index >= 15 is 0 Å². The lowest BCUT2D eigenvalue weighted by molar-refractivity contribution is 0.322. The third-order valence-corrected chi connectivity index (χ3v) is 6.47. The molecule has 0 atom stereocenters. The van der Waals surface area contributed by atoms with E-state index in [1.807, 2.05) is 25.2 Å². The van der Waals surface area contributed by atoms with Gasteiger partial charge >= 0.3 is 0 Å². The molecule has 0 unspecified atom stereocenters. The maximum absolute atomic E-state index is 12.3. The lowest BCUT2D eigenvalue weighted by Gasteiger charge is -2.16. The van der Waals surface area contributed by atoms with Crippen molar-refractivity contribution in [1.82, 2.24) is 9.62 Å². The van der Waals surface area contributed by atoms with Crippen LogP contribution < -0.4 is 4.72 Å². The second-order valence-corrected chi connectivity index (χ2v) is 10.0. The van der Waals surface area contributed by atoms with Gasteiger partial charge < -0.3 is 4.90 Å². The molecular weight excluding hydrogens is 372 g/mol. The quantitative estimate of drug-likeness (QED) is 0.655. The first-order valence-corrected chi connectivity index (χ1v) is 11.6. The van der Waals surface area contributed by atoms with Gasteiger partial charge in [0.15, 0.2) is 9.84 Å². The highest BCUT2D eigenvalue weighted by atomic mass is 32.2. The Morgan fingerprint density at radius 3 is 2.04 bits per heavy atom. The highest BCUT2D eigenvalue weighted by Crippen LogP contribution is 2.14. The second kappa shape index (κ2) is 8.77. The molecule has 142 valence electrons. The molecule has 0 saturated carbocycles. The molecule has 0 bridgehead atoms. The molecule has 2 rings (SSSR count). The molecule has 0 aromatic heterocycles. The van der Waals surface area contributed by atoms with Crippen molar-refractivity contribution in [3.63, 3.8) is 0 Å². The summed E-state index contributed by atoms with van der Waals surface area (Å²) in [6.07, 6.45) is 1.75. The van der Waals surface area contributed by atoms with Gasteiger partial charge in [0.25, 0.3) is 0 Å². The first-order valence-electron chi connectivity index (χ1n) is 8.21. The van der Waals surface area contributed by atoms with Crippen LogP contribution in [0.4, 0.5) is 0 Å². The van der Waals surface area contributed by atoms with Crippen molar-refractivity contribution in [3.05, 3.63) is 60.2 Å². The van der Waals surface area contributed by atoms with Crippen molar-refractivity contribution in [2.75, 3.05) is 26.4 Å². The van der Waals surface area contributed by atoms with Crippen LogP contribution in [-0.2, 0) is 26.4 Å². The molecule has 8 heteroatoms. The molecule has 2 aromatic rings. The van der Waals surface area contributed by atoms with E-state index < -0.39 is 19.9 Å². The number of hydrogen-bond acceptors (Lipinski definition) is 5. The monoisotopic (exact) mass is 396 g/mol. The Morgan fingerprint density at radius 2 is 1.46 bits per heavy atom. The fourth-order valence-electron chi connectivity index (χ4n) is 2.48. The van der Waals surface area contributed by atoms with Crippen LogP contribution in [0.25, 0.3) is 0 Å². The summed E-state index contributed by atoms with van der Waals surface area (Å²) in [4.78, 5) is 2.28. The summed E-state index contributed by atoms with van der Waals surface area (Å²) in [7, 11) is -4.99. The zero-order valence-electron chi connectivity index (χ0n) is 14.9. The summed E-state index contributed by atoms with van der Waals surface area (Å²) in [5, 5.41) is 0. The van der Waals surface area contributed by atoms with E-state index in [0.29, 0.717) is 13.0 Å². The predicted molar refractivity (Wildman–Crippen MR) is 102 cm³/mol. The molecule has 0 aliphatic heterocycles. The minimum absolute atomic E-state index is 0.0579. The fraction of sp³-hybridized carbons (Fsp3) is 0.333. The Labute approximate surface area is 155 Å². The smallest absolute Gasteiger partial charge is 0.240 e. The van der Waals surface area contributed by atoms with Crippen molar-refractivity contribution in [2.24, 2.45) is 0 Å². The summed E-state index contributed by atoms with van der Waals surface area (Å²) in [6.45, 7) is 1.88. The molecule has 0 heterocycles. The van der Waals surface area contributed by atoms with Gasteiger partial charge in [-0.3, -0.25) is 0 Å². The van der Waals surface area contributed by atoms with E-state index in [9.17, 15) is 16.8 Å². The fourth-order valence-corrected chi connectivity index (χ4v) is 4.18. The molecule has 26 heavy (non-hydrogen) atoms. The number of benzene rings is 2. The van der Waals surface area contributed by atoms with Crippen molar-refractivity contribution < 1.29 is 16.8 Å². The number of sulfone groups is 1. The Hall–Kier alpha value is -1.74. The Bertz CT molecular complexity index is 909. The predicted octanol–water partition coefficient (Wildman–Crippen LogP) is 1.89. The average molecular weight is 397 g/mol. The van der Waals surface area contributed by atoms with Gasteiger partial charge in [-0.05, 0) is 49.8 Å². The van der Waals surface area contributed by atoms with Crippen LogP contribution in [0.1, 0.15) is 12.0 Å². The number of hydrogen-bond donors (Lipinski definition) is 1. The van der Waals surface area contributed by atoms with E-state index in [-0.39, 0.29) is 9.79 Å². The number of nitrogens with one attached hydrogen (secondary N) is 1. The summed E-state index contributed by atoms with van der Waals surface area (Å²) in [5.74, 6) is 0. The molecule has 1 N–H and O–H groups in total. The maximum Gasteiger partial charge on any atom is 0.240 e. The molecule has 0 spiro atoms. The van der Waals surface area contributed by atoms with Gasteiger partial charge in [-0.1, -0.05) is 30.3 Å². The first-order chi connectivity index (χ1) is 12.2. The zero-order valence-corrected chi connectivity index (χ0v) is 16.6. The summed E-state index contributed by atoms with van der Waals surface area (Å²) in [6, 6.07) is 15.3. The van der Waals surface area contributed by atoms with Gasteiger partial charge in [-0.25, -0.2) is 21.6 Å². The van der Waals surface area contributed by atoms with Crippen molar-refractivity contribution in [2.45, 2.75) is 22.8 Å². The minimum atomic E-state index is -3.64. The van der Waals surface area contributed by atoms with Gasteiger partial charge in [0, 0.05) is 19.3 Å². The van der Waals surface area contributed by atoms with Crippen LogP contribution in [0, 0.1) is 0 Å². The van der Waals surface area contributed by atoms with E-state index in [2.05, 4.69) is 21.8 Å². The van der Waals surface area contributed by atoms with Crippen LogP contribution in [0.2, 0.25) is 0 Å². The van der Waals surface area contributed by atoms with Crippen molar-refractivity contribution in [1.29, 1.82) is 0 Å². The summed E-state index contributed by atoms with van der Waals surface area (Å²) in [5.41, 5.74) is 1.21. The molecule has 2 aromatic carbocycles. The van der Waals surface area contributed by atoms with Crippen molar-refractivity contribution >= 4 is 19.9 Å². The molecule has 0 saturated heterocycles.